The molecule has 0 bridgehead atoms. The van der Waals surface area contributed by atoms with Gasteiger partial charge in [-0.3, -0.25) is 9.78 Å². The van der Waals surface area contributed by atoms with Crippen LogP contribution >= 0.6 is 0 Å². The van der Waals surface area contributed by atoms with Crippen LogP contribution in [-0.4, -0.2) is 23.5 Å². The fourth-order valence-electron chi connectivity index (χ4n) is 1.82. The molecule has 1 atom stereocenters. The molecule has 86 valence electrons. The normalized spacial score (nSPS) is 19.7. The average Bonchev–Trinajstić information content (AvgIpc) is 2.81. The standard InChI is InChI=1S/C12H17N3O/c1-9-4-5-10(7-14-9)8-15-12(16)11-3-2-6-13-11/h4-5,7,11,13H,2-3,6,8H2,1H3,(H,15,16)/t11-/m1/s1. The zero-order valence-corrected chi connectivity index (χ0v) is 9.49. The van der Waals surface area contributed by atoms with Crippen molar-refractivity contribution in [3.63, 3.8) is 0 Å². The first-order valence-electron chi connectivity index (χ1n) is 5.68. The molecule has 4 nitrogen and oxygen atoms in total. The molecule has 0 saturated carbocycles. The van der Waals surface area contributed by atoms with Gasteiger partial charge in [-0.15, -0.1) is 0 Å². The van der Waals surface area contributed by atoms with E-state index in [1.165, 1.54) is 0 Å². The van der Waals surface area contributed by atoms with E-state index in [9.17, 15) is 4.79 Å². The molecule has 1 aliphatic heterocycles. The Bertz CT molecular complexity index is 355. The molecule has 2 heterocycles. The van der Waals surface area contributed by atoms with Crippen LogP contribution in [0.2, 0.25) is 0 Å². The largest absolute Gasteiger partial charge is 0.351 e. The minimum atomic E-state index is -0.00147. The van der Waals surface area contributed by atoms with Crippen molar-refractivity contribution in [1.82, 2.24) is 15.6 Å². The van der Waals surface area contributed by atoms with Crippen molar-refractivity contribution in [2.45, 2.75) is 32.4 Å². The van der Waals surface area contributed by atoms with E-state index >= 15 is 0 Å². The minimum absolute atomic E-state index is 0.00147. The van der Waals surface area contributed by atoms with Gasteiger partial charge in [-0.2, -0.15) is 0 Å². The first kappa shape index (κ1) is 11.1. The Morgan fingerprint density at radius 2 is 2.50 bits per heavy atom. The van der Waals surface area contributed by atoms with Gasteiger partial charge >= 0.3 is 0 Å². The quantitative estimate of drug-likeness (QED) is 0.789. The van der Waals surface area contributed by atoms with E-state index in [2.05, 4.69) is 15.6 Å². The second kappa shape index (κ2) is 5.07. The van der Waals surface area contributed by atoms with Crippen LogP contribution in [0.25, 0.3) is 0 Å². The van der Waals surface area contributed by atoms with Crippen molar-refractivity contribution in [3.8, 4) is 0 Å². The summed E-state index contributed by atoms with van der Waals surface area (Å²) in [4.78, 5) is 15.9. The van der Waals surface area contributed by atoms with Crippen molar-refractivity contribution in [1.29, 1.82) is 0 Å². The lowest BCUT2D eigenvalue weighted by Crippen LogP contribution is -2.40. The van der Waals surface area contributed by atoms with Crippen LogP contribution in [0.15, 0.2) is 18.3 Å². The lowest BCUT2D eigenvalue weighted by Gasteiger charge is -2.10. The van der Waals surface area contributed by atoms with Gasteiger partial charge in [0.2, 0.25) is 5.91 Å². The maximum atomic E-state index is 11.7. The number of aryl methyl sites for hydroxylation is 1. The number of rotatable bonds is 3. The Morgan fingerprint density at radius 1 is 1.62 bits per heavy atom. The van der Waals surface area contributed by atoms with Crippen molar-refractivity contribution in [2.75, 3.05) is 6.54 Å². The number of nitrogens with zero attached hydrogens (tertiary/aromatic N) is 1. The third kappa shape index (κ3) is 2.79. The van der Waals surface area contributed by atoms with Gasteiger partial charge in [-0.25, -0.2) is 0 Å². The molecule has 0 radical (unpaired) electrons. The average molecular weight is 219 g/mol. The number of amides is 1. The molecule has 1 aromatic heterocycles. The molecular formula is C12H17N3O. The Labute approximate surface area is 95.5 Å². The molecule has 0 aliphatic carbocycles. The second-order valence-electron chi connectivity index (χ2n) is 4.17. The van der Waals surface area contributed by atoms with Gasteiger partial charge in [-0.05, 0) is 37.9 Å². The van der Waals surface area contributed by atoms with Gasteiger partial charge in [0.25, 0.3) is 0 Å². The number of hydrogen-bond donors (Lipinski definition) is 2. The van der Waals surface area contributed by atoms with Crippen LogP contribution < -0.4 is 10.6 Å². The summed E-state index contributed by atoms with van der Waals surface area (Å²) >= 11 is 0. The zero-order chi connectivity index (χ0) is 11.4. The molecule has 1 amide bonds. The van der Waals surface area contributed by atoms with Crippen LogP contribution in [0.1, 0.15) is 24.1 Å². The van der Waals surface area contributed by atoms with Crippen LogP contribution in [0.3, 0.4) is 0 Å². The predicted molar refractivity (Wildman–Crippen MR) is 61.8 cm³/mol. The fourth-order valence-corrected chi connectivity index (χ4v) is 1.82. The SMILES string of the molecule is Cc1ccc(CNC(=O)[C@H]2CCCN2)cn1. The molecule has 4 heteroatoms. The third-order valence-corrected chi connectivity index (χ3v) is 2.82. The lowest BCUT2D eigenvalue weighted by molar-refractivity contribution is -0.122. The molecule has 0 aromatic carbocycles. The number of carbonyl (C=O) groups is 1. The van der Waals surface area contributed by atoms with Gasteiger partial charge in [0, 0.05) is 18.4 Å². The van der Waals surface area contributed by atoms with Gasteiger partial charge in [0.05, 0.1) is 6.04 Å². The Kier molecular flexibility index (Phi) is 3.51. The summed E-state index contributed by atoms with van der Waals surface area (Å²) < 4.78 is 0. The summed E-state index contributed by atoms with van der Waals surface area (Å²) in [5.41, 5.74) is 2.03. The molecule has 2 rings (SSSR count). The fraction of sp³-hybridized carbons (Fsp3) is 0.500. The van der Waals surface area contributed by atoms with E-state index in [1.807, 2.05) is 19.1 Å². The van der Waals surface area contributed by atoms with Gasteiger partial charge < -0.3 is 10.6 Å². The van der Waals surface area contributed by atoms with E-state index in [-0.39, 0.29) is 11.9 Å². The highest BCUT2D eigenvalue weighted by atomic mass is 16.2. The van der Waals surface area contributed by atoms with Crippen LogP contribution in [-0.2, 0) is 11.3 Å². The van der Waals surface area contributed by atoms with Crippen LogP contribution in [0.4, 0.5) is 0 Å². The summed E-state index contributed by atoms with van der Waals surface area (Å²) in [6.45, 7) is 3.46. The molecule has 1 aliphatic rings. The Balaban J connectivity index is 1.82. The molecule has 1 aromatic rings. The molecule has 0 unspecified atom stereocenters. The van der Waals surface area contributed by atoms with Gasteiger partial charge in [0.1, 0.15) is 0 Å². The summed E-state index contributed by atoms with van der Waals surface area (Å²) in [5.74, 6) is 0.0954. The summed E-state index contributed by atoms with van der Waals surface area (Å²) in [6.07, 6.45) is 3.83. The lowest BCUT2D eigenvalue weighted by atomic mass is 10.2. The van der Waals surface area contributed by atoms with Crippen LogP contribution in [0.5, 0.6) is 0 Å². The first-order valence-corrected chi connectivity index (χ1v) is 5.68. The monoisotopic (exact) mass is 219 g/mol. The number of aromatic nitrogens is 1. The maximum Gasteiger partial charge on any atom is 0.237 e. The molecule has 2 N–H and O–H groups in total. The molecule has 1 fully saturated rings. The van der Waals surface area contributed by atoms with E-state index < -0.39 is 0 Å². The summed E-state index contributed by atoms with van der Waals surface area (Å²) in [6, 6.07) is 3.94. The van der Waals surface area contributed by atoms with Crippen molar-refractivity contribution in [3.05, 3.63) is 29.6 Å². The van der Waals surface area contributed by atoms with Crippen LogP contribution in [0, 0.1) is 6.92 Å². The van der Waals surface area contributed by atoms with Crippen molar-refractivity contribution < 1.29 is 4.79 Å². The van der Waals surface area contributed by atoms with Gasteiger partial charge in [-0.1, -0.05) is 6.07 Å². The molecule has 1 saturated heterocycles. The van der Waals surface area contributed by atoms with E-state index in [0.717, 1.165) is 30.6 Å². The topological polar surface area (TPSA) is 54.0 Å². The maximum absolute atomic E-state index is 11.7. The molecule has 16 heavy (non-hydrogen) atoms. The number of nitrogens with one attached hydrogen (secondary N) is 2. The third-order valence-electron chi connectivity index (χ3n) is 2.82. The highest BCUT2D eigenvalue weighted by Gasteiger charge is 2.21. The first-order chi connectivity index (χ1) is 7.75. The number of pyridine rings is 1. The Morgan fingerprint density at radius 3 is 3.12 bits per heavy atom. The van der Waals surface area contributed by atoms with Gasteiger partial charge in [0.15, 0.2) is 0 Å². The van der Waals surface area contributed by atoms with E-state index in [4.69, 9.17) is 0 Å². The van der Waals surface area contributed by atoms with Crippen molar-refractivity contribution >= 4 is 5.91 Å². The second-order valence-corrected chi connectivity index (χ2v) is 4.17. The Hall–Kier alpha value is -1.42. The minimum Gasteiger partial charge on any atom is -0.351 e. The highest BCUT2D eigenvalue weighted by molar-refractivity contribution is 5.81. The van der Waals surface area contributed by atoms with E-state index in [0.29, 0.717) is 6.54 Å². The summed E-state index contributed by atoms with van der Waals surface area (Å²) in [7, 11) is 0. The summed E-state index contributed by atoms with van der Waals surface area (Å²) in [5, 5.41) is 6.09. The predicted octanol–water partition coefficient (Wildman–Crippen LogP) is 0.758. The molecule has 0 spiro atoms. The highest BCUT2D eigenvalue weighted by Crippen LogP contribution is 2.05. The smallest absolute Gasteiger partial charge is 0.237 e. The zero-order valence-electron chi connectivity index (χ0n) is 9.49. The van der Waals surface area contributed by atoms with E-state index in [1.54, 1.807) is 6.20 Å². The molecular weight excluding hydrogens is 202 g/mol. The number of carbonyl (C=O) groups excluding carboxylic acids is 1. The van der Waals surface area contributed by atoms with Crippen molar-refractivity contribution in [2.24, 2.45) is 0 Å². The number of hydrogen-bond acceptors (Lipinski definition) is 3.